The Labute approximate surface area is 186 Å². The topological polar surface area (TPSA) is 90.4 Å². The molecule has 2 aromatic heterocycles. The Morgan fingerprint density at radius 2 is 1.75 bits per heavy atom. The molecule has 0 spiro atoms. The normalized spacial score (nSPS) is 10.9. The van der Waals surface area contributed by atoms with Crippen molar-refractivity contribution in [3.63, 3.8) is 0 Å². The summed E-state index contributed by atoms with van der Waals surface area (Å²) in [4.78, 5) is 12.9. The van der Waals surface area contributed by atoms with Gasteiger partial charge in [-0.2, -0.15) is 5.10 Å². The van der Waals surface area contributed by atoms with Gasteiger partial charge in [0.05, 0.1) is 32.7 Å². The predicted octanol–water partition coefficient (Wildman–Crippen LogP) is 4.64. The maximum Gasteiger partial charge on any atom is 0.257 e. The minimum Gasteiger partial charge on any atom is -0.493 e. The maximum atomic E-state index is 12.9. The summed E-state index contributed by atoms with van der Waals surface area (Å²) in [6, 6.07) is 13.3. The van der Waals surface area contributed by atoms with E-state index in [1.807, 2.05) is 18.2 Å². The summed E-state index contributed by atoms with van der Waals surface area (Å²) >= 11 is 0. The lowest BCUT2D eigenvalue weighted by Crippen LogP contribution is -2.13. The first-order valence-electron chi connectivity index (χ1n) is 10.3. The molecule has 0 atom stereocenters. The molecule has 0 aliphatic rings. The van der Waals surface area contributed by atoms with Crippen molar-refractivity contribution in [3.8, 4) is 28.6 Å². The summed E-state index contributed by atoms with van der Waals surface area (Å²) in [6.45, 7) is 5.02. The van der Waals surface area contributed by atoms with Gasteiger partial charge in [-0.25, -0.2) is 0 Å². The zero-order chi connectivity index (χ0) is 22.8. The third kappa shape index (κ3) is 3.53. The molecule has 32 heavy (non-hydrogen) atoms. The van der Waals surface area contributed by atoms with Crippen molar-refractivity contribution in [2.24, 2.45) is 0 Å². The highest BCUT2D eigenvalue weighted by Gasteiger charge is 2.20. The van der Waals surface area contributed by atoms with E-state index in [9.17, 15) is 4.79 Å². The minimum absolute atomic E-state index is 0.338. The van der Waals surface area contributed by atoms with Crippen molar-refractivity contribution in [1.82, 2.24) is 14.8 Å². The van der Waals surface area contributed by atoms with Crippen LogP contribution in [-0.4, -0.2) is 42.0 Å². The summed E-state index contributed by atoms with van der Waals surface area (Å²) < 4.78 is 18.2. The molecular weight excluding hydrogens is 408 g/mol. The monoisotopic (exact) mass is 434 g/mol. The molecule has 0 aliphatic carbocycles. The number of hydrogen-bond acceptors (Lipinski definition) is 5. The molecule has 1 amide bonds. The number of ether oxygens (including phenoxy) is 3. The number of nitrogens with one attached hydrogen (secondary N) is 2. The molecule has 166 valence electrons. The number of aromatic nitrogens is 3. The highest BCUT2D eigenvalue weighted by atomic mass is 16.5. The smallest absolute Gasteiger partial charge is 0.257 e. The molecule has 8 heteroatoms. The average molecular weight is 434 g/mol. The fourth-order valence-electron chi connectivity index (χ4n) is 4.06. The third-order valence-electron chi connectivity index (χ3n) is 5.54. The first-order chi connectivity index (χ1) is 15.5. The molecule has 0 fully saturated rings. The Hall–Kier alpha value is -3.94. The quantitative estimate of drug-likeness (QED) is 0.442. The van der Waals surface area contributed by atoms with Crippen LogP contribution >= 0.6 is 0 Å². The van der Waals surface area contributed by atoms with Gasteiger partial charge in [-0.1, -0.05) is 18.2 Å². The summed E-state index contributed by atoms with van der Waals surface area (Å²) in [7, 11) is 4.53. The number of fused-ring (bicyclic) bond motifs is 1. The molecule has 0 radical (unpaired) electrons. The highest BCUT2D eigenvalue weighted by Crippen LogP contribution is 2.38. The number of carbonyl (C=O) groups excluding carboxylic acids is 1. The van der Waals surface area contributed by atoms with E-state index in [0.717, 1.165) is 23.5 Å². The third-order valence-corrected chi connectivity index (χ3v) is 5.54. The SMILES string of the molecule is CCn1c(-c2cc(NC(=O)c3cc(OC)c(OC)c(OC)c3)n[nH]2)c(C)c2ccccc21. The number of nitrogens with zero attached hydrogens (tertiary/aromatic N) is 2. The Balaban J connectivity index is 1.66. The fraction of sp³-hybridized carbons (Fsp3) is 0.250. The van der Waals surface area contributed by atoms with E-state index in [2.05, 4.69) is 46.1 Å². The van der Waals surface area contributed by atoms with Gasteiger partial charge < -0.3 is 24.1 Å². The van der Waals surface area contributed by atoms with Crippen molar-refractivity contribution in [2.45, 2.75) is 20.4 Å². The van der Waals surface area contributed by atoms with Crippen LogP contribution in [0.2, 0.25) is 0 Å². The van der Waals surface area contributed by atoms with E-state index in [-0.39, 0.29) is 5.91 Å². The predicted molar refractivity (Wildman–Crippen MR) is 124 cm³/mol. The summed E-state index contributed by atoms with van der Waals surface area (Å²) in [6.07, 6.45) is 0. The molecule has 2 aromatic carbocycles. The van der Waals surface area contributed by atoms with Gasteiger partial charge in [-0.15, -0.1) is 0 Å². The van der Waals surface area contributed by atoms with E-state index >= 15 is 0 Å². The first kappa shape index (κ1) is 21.3. The molecule has 0 bridgehead atoms. The van der Waals surface area contributed by atoms with Gasteiger partial charge in [0.25, 0.3) is 5.91 Å². The number of H-pyrrole nitrogens is 1. The standard InChI is InChI=1S/C24H26N4O4/c1-6-28-18-10-8-7-9-16(18)14(2)22(28)17-13-21(27-26-17)25-24(29)15-11-19(30-3)23(32-5)20(12-15)31-4/h7-13H,6H2,1-5H3,(H2,25,26,27,29). The van der Waals surface area contributed by atoms with Crippen molar-refractivity contribution >= 4 is 22.6 Å². The lowest BCUT2D eigenvalue weighted by molar-refractivity contribution is 0.102. The van der Waals surface area contributed by atoms with Crippen molar-refractivity contribution < 1.29 is 19.0 Å². The Kier molecular flexibility index (Phi) is 5.77. The average Bonchev–Trinajstić information content (AvgIpc) is 3.39. The van der Waals surface area contributed by atoms with Gasteiger partial charge in [-0.05, 0) is 37.6 Å². The van der Waals surface area contributed by atoms with E-state index in [4.69, 9.17) is 14.2 Å². The zero-order valence-electron chi connectivity index (χ0n) is 18.8. The Bertz CT molecular complexity index is 1260. The lowest BCUT2D eigenvalue weighted by atomic mass is 10.1. The van der Waals surface area contributed by atoms with E-state index in [1.54, 1.807) is 12.1 Å². The number of aryl methyl sites for hydroxylation is 2. The molecule has 8 nitrogen and oxygen atoms in total. The Morgan fingerprint density at radius 1 is 1.06 bits per heavy atom. The number of benzene rings is 2. The van der Waals surface area contributed by atoms with Crippen LogP contribution < -0.4 is 19.5 Å². The molecule has 0 saturated carbocycles. The van der Waals surface area contributed by atoms with Gasteiger partial charge in [-0.3, -0.25) is 9.89 Å². The number of rotatable bonds is 7. The minimum atomic E-state index is -0.338. The molecule has 0 saturated heterocycles. The van der Waals surface area contributed by atoms with Gasteiger partial charge in [0, 0.05) is 29.1 Å². The molecule has 0 unspecified atom stereocenters. The molecule has 4 rings (SSSR count). The van der Waals surface area contributed by atoms with Crippen molar-refractivity contribution in [1.29, 1.82) is 0 Å². The number of anilines is 1. The number of para-hydroxylation sites is 1. The molecule has 4 aromatic rings. The van der Waals surface area contributed by atoms with Crippen LogP contribution in [-0.2, 0) is 6.54 Å². The largest absolute Gasteiger partial charge is 0.493 e. The van der Waals surface area contributed by atoms with Gasteiger partial charge >= 0.3 is 0 Å². The first-order valence-corrected chi connectivity index (χ1v) is 10.3. The number of amides is 1. The second kappa shape index (κ2) is 8.66. The molecule has 2 heterocycles. The van der Waals surface area contributed by atoms with Crippen molar-refractivity contribution in [3.05, 3.63) is 53.6 Å². The lowest BCUT2D eigenvalue weighted by Gasteiger charge is -2.13. The van der Waals surface area contributed by atoms with Crippen LogP contribution in [0.3, 0.4) is 0 Å². The number of aromatic amines is 1. The van der Waals surface area contributed by atoms with E-state index in [0.29, 0.717) is 28.6 Å². The summed E-state index contributed by atoms with van der Waals surface area (Å²) in [5.74, 6) is 1.32. The van der Waals surface area contributed by atoms with Gasteiger partial charge in [0.1, 0.15) is 0 Å². The summed E-state index contributed by atoms with van der Waals surface area (Å²) in [5, 5.41) is 11.4. The summed E-state index contributed by atoms with van der Waals surface area (Å²) in [5.41, 5.74) is 4.58. The fourth-order valence-corrected chi connectivity index (χ4v) is 4.06. The zero-order valence-corrected chi connectivity index (χ0v) is 18.8. The van der Waals surface area contributed by atoms with E-state index < -0.39 is 0 Å². The van der Waals surface area contributed by atoms with Gasteiger partial charge in [0.2, 0.25) is 5.75 Å². The van der Waals surface area contributed by atoms with Crippen LogP contribution in [0.5, 0.6) is 17.2 Å². The number of methoxy groups -OCH3 is 3. The maximum absolute atomic E-state index is 12.9. The van der Waals surface area contributed by atoms with Crippen molar-refractivity contribution in [2.75, 3.05) is 26.6 Å². The van der Waals surface area contributed by atoms with Crippen LogP contribution in [0.25, 0.3) is 22.3 Å². The molecule has 0 aliphatic heterocycles. The van der Waals surface area contributed by atoms with E-state index in [1.165, 1.54) is 32.2 Å². The molecule has 2 N–H and O–H groups in total. The second-order valence-corrected chi connectivity index (χ2v) is 7.27. The van der Waals surface area contributed by atoms with Gasteiger partial charge in [0.15, 0.2) is 17.3 Å². The van der Waals surface area contributed by atoms with Crippen LogP contribution in [0, 0.1) is 6.92 Å². The number of carbonyl (C=O) groups is 1. The van der Waals surface area contributed by atoms with Crippen LogP contribution in [0.1, 0.15) is 22.8 Å². The van der Waals surface area contributed by atoms with Crippen LogP contribution in [0.4, 0.5) is 5.82 Å². The Morgan fingerprint density at radius 3 is 2.38 bits per heavy atom. The van der Waals surface area contributed by atoms with Crippen LogP contribution in [0.15, 0.2) is 42.5 Å². The second-order valence-electron chi connectivity index (χ2n) is 7.27. The molecular formula is C24H26N4O4. The number of hydrogen-bond donors (Lipinski definition) is 2. The highest BCUT2D eigenvalue weighted by molar-refractivity contribution is 6.05.